The Morgan fingerprint density at radius 1 is 1.37 bits per heavy atom. The highest BCUT2D eigenvalue weighted by Crippen LogP contribution is 2.19. The number of hydrogen-bond donors (Lipinski definition) is 1. The molecule has 1 atom stereocenters. The van der Waals surface area contributed by atoms with E-state index in [1.54, 1.807) is 4.57 Å². The van der Waals surface area contributed by atoms with Crippen LogP contribution in [0.1, 0.15) is 12.8 Å². The Morgan fingerprint density at radius 3 is 2.89 bits per heavy atom. The molecule has 1 aliphatic rings. The van der Waals surface area contributed by atoms with E-state index in [2.05, 4.69) is 11.9 Å². The van der Waals surface area contributed by atoms with Crippen LogP contribution in [-0.2, 0) is 6.54 Å². The molecule has 0 amide bonds. The van der Waals surface area contributed by atoms with Gasteiger partial charge in [0.05, 0.1) is 0 Å². The number of nitrogens with two attached hydrogens (primary N) is 1. The second-order valence-corrected chi connectivity index (χ2v) is 5.35. The Bertz CT molecular complexity index is 662. The smallest absolute Gasteiger partial charge is 0.260 e. The van der Waals surface area contributed by atoms with E-state index < -0.39 is 0 Å². The summed E-state index contributed by atoms with van der Waals surface area (Å²) in [7, 11) is 2.11. The normalized spacial score (nSPS) is 20.2. The second-order valence-electron chi connectivity index (χ2n) is 5.35. The molecule has 0 spiro atoms. The van der Waals surface area contributed by atoms with E-state index in [1.165, 1.54) is 6.42 Å². The molecule has 100 valence electrons. The van der Waals surface area contributed by atoms with Gasteiger partial charge in [-0.15, -0.1) is 0 Å². The van der Waals surface area contributed by atoms with Crippen molar-refractivity contribution in [3.63, 3.8) is 0 Å². The number of anilines is 1. The predicted octanol–water partition coefficient (Wildman–Crippen LogP) is 1.68. The van der Waals surface area contributed by atoms with Gasteiger partial charge < -0.3 is 10.6 Å². The molecule has 1 aromatic carbocycles. The van der Waals surface area contributed by atoms with E-state index >= 15 is 0 Å². The van der Waals surface area contributed by atoms with Crippen molar-refractivity contribution in [1.29, 1.82) is 0 Å². The lowest BCUT2D eigenvalue weighted by atomic mass is 10.1. The van der Waals surface area contributed by atoms with E-state index in [1.807, 2.05) is 30.3 Å². The first-order valence-corrected chi connectivity index (χ1v) is 6.75. The molecule has 0 bridgehead atoms. The van der Waals surface area contributed by atoms with Crippen molar-refractivity contribution in [2.24, 2.45) is 0 Å². The van der Waals surface area contributed by atoms with Crippen LogP contribution < -0.4 is 11.3 Å². The Morgan fingerprint density at radius 2 is 2.16 bits per heavy atom. The zero-order chi connectivity index (χ0) is 13.4. The summed E-state index contributed by atoms with van der Waals surface area (Å²) in [5.74, 6) is 0.559. The van der Waals surface area contributed by atoms with Crippen LogP contribution in [-0.4, -0.2) is 29.1 Å². The zero-order valence-electron chi connectivity index (χ0n) is 11.2. The SMILES string of the molecule is CN1CCCC1Cn1c(N)cc2ccccc2c1=O. The van der Waals surface area contributed by atoms with Gasteiger partial charge in [0.25, 0.3) is 5.56 Å². The van der Waals surface area contributed by atoms with Gasteiger partial charge in [-0.05, 0) is 44.0 Å². The standard InChI is InChI=1S/C15H19N3O/c1-17-8-4-6-12(17)10-18-14(16)9-11-5-2-3-7-13(11)15(18)19/h2-3,5,7,9,12H,4,6,8,10,16H2,1H3. The molecule has 1 aromatic heterocycles. The number of fused-ring (bicyclic) bond motifs is 1. The maximum atomic E-state index is 12.5. The lowest BCUT2D eigenvalue weighted by Gasteiger charge is -2.21. The number of nitrogen functional groups attached to an aromatic ring is 1. The van der Waals surface area contributed by atoms with Gasteiger partial charge in [-0.25, -0.2) is 0 Å². The summed E-state index contributed by atoms with van der Waals surface area (Å²) < 4.78 is 1.72. The molecule has 1 aliphatic heterocycles. The average Bonchev–Trinajstić information content (AvgIpc) is 2.80. The molecule has 4 nitrogen and oxygen atoms in total. The third-order valence-corrected chi connectivity index (χ3v) is 4.12. The lowest BCUT2D eigenvalue weighted by Crippen LogP contribution is -2.34. The van der Waals surface area contributed by atoms with Crippen LogP contribution in [0, 0.1) is 0 Å². The van der Waals surface area contributed by atoms with Gasteiger partial charge in [0.1, 0.15) is 5.82 Å². The van der Waals surface area contributed by atoms with Crippen LogP contribution in [0.3, 0.4) is 0 Å². The quantitative estimate of drug-likeness (QED) is 0.890. The van der Waals surface area contributed by atoms with Crippen LogP contribution in [0.2, 0.25) is 0 Å². The van der Waals surface area contributed by atoms with Crippen molar-refractivity contribution in [1.82, 2.24) is 9.47 Å². The summed E-state index contributed by atoms with van der Waals surface area (Å²) in [6.07, 6.45) is 2.33. The van der Waals surface area contributed by atoms with Crippen LogP contribution in [0.25, 0.3) is 10.8 Å². The maximum Gasteiger partial charge on any atom is 0.260 e. The van der Waals surface area contributed by atoms with E-state index in [0.717, 1.165) is 23.7 Å². The minimum Gasteiger partial charge on any atom is -0.385 e. The summed E-state index contributed by atoms with van der Waals surface area (Å²) in [6, 6.07) is 9.93. The van der Waals surface area contributed by atoms with Crippen molar-refractivity contribution in [3.8, 4) is 0 Å². The highest BCUT2D eigenvalue weighted by molar-refractivity contribution is 5.83. The van der Waals surface area contributed by atoms with Gasteiger partial charge in [0.2, 0.25) is 0 Å². The van der Waals surface area contributed by atoms with Crippen molar-refractivity contribution in [2.75, 3.05) is 19.3 Å². The summed E-state index contributed by atoms with van der Waals surface area (Å²) in [5.41, 5.74) is 6.08. The number of hydrogen-bond acceptors (Lipinski definition) is 3. The molecule has 4 heteroatoms. The number of benzene rings is 1. The van der Waals surface area contributed by atoms with Crippen LogP contribution in [0.4, 0.5) is 5.82 Å². The minimum absolute atomic E-state index is 0.0240. The Labute approximate surface area is 112 Å². The molecular weight excluding hydrogens is 238 g/mol. The number of rotatable bonds is 2. The van der Waals surface area contributed by atoms with Gasteiger partial charge >= 0.3 is 0 Å². The van der Waals surface area contributed by atoms with E-state index in [0.29, 0.717) is 18.4 Å². The number of pyridine rings is 1. The van der Waals surface area contributed by atoms with Crippen molar-refractivity contribution in [2.45, 2.75) is 25.4 Å². The van der Waals surface area contributed by atoms with E-state index in [4.69, 9.17) is 5.73 Å². The van der Waals surface area contributed by atoms with Crippen molar-refractivity contribution in [3.05, 3.63) is 40.7 Å². The Hall–Kier alpha value is -1.81. The molecule has 1 saturated heterocycles. The highest BCUT2D eigenvalue weighted by atomic mass is 16.1. The van der Waals surface area contributed by atoms with Gasteiger partial charge in [-0.3, -0.25) is 9.36 Å². The third-order valence-electron chi connectivity index (χ3n) is 4.12. The first kappa shape index (κ1) is 12.2. The fourth-order valence-electron chi connectivity index (χ4n) is 2.93. The number of nitrogens with zero attached hydrogens (tertiary/aromatic N) is 2. The molecular formula is C15H19N3O. The minimum atomic E-state index is 0.0240. The summed E-state index contributed by atoms with van der Waals surface area (Å²) in [4.78, 5) is 14.8. The Balaban J connectivity index is 2.05. The number of likely N-dealkylation sites (tertiary alicyclic amines) is 1. The van der Waals surface area contributed by atoms with Crippen molar-refractivity contribution < 1.29 is 0 Å². The molecule has 0 radical (unpaired) electrons. The largest absolute Gasteiger partial charge is 0.385 e. The molecule has 1 unspecified atom stereocenters. The topological polar surface area (TPSA) is 51.3 Å². The van der Waals surface area contributed by atoms with Gasteiger partial charge in [0.15, 0.2) is 0 Å². The monoisotopic (exact) mass is 257 g/mol. The summed E-state index contributed by atoms with van der Waals surface area (Å²) >= 11 is 0. The van der Waals surface area contributed by atoms with Crippen LogP contribution >= 0.6 is 0 Å². The fourth-order valence-corrected chi connectivity index (χ4v) is 2.93. The van der Waals surface area contributed by atoms with Gasteiger partial charge in [-0.1, -0.05) is 18.2 Å². The average molecular weight is 257 g/mol. The summed E-state index contributed by atoms with van der Waals surface area (Å²) in [6.45, 7) is 1.79. The van der Waals surface area contributed by atoms with Crippen molar-refractivity contribution >= 4 is 16.6 Å². The molecule has 19 heavy (non-hydrogen) atoms. The molecule has 2 heterocycles. The molecule has 0 aliphatic carbocycles. The maximum absolute atomic E-state index is 12.5. The fraction of sp³-hybridized carbons (Fsp3) is 0.400. The van der Waals surface area contributed by atoms with Gasteiger partial charge in [0, 0.05) is 18.0 Å². The first-order valence-electron chi connectivity index (χ1n) is 6.75. The summed E-state index contributed by atoms with van der Waals surface area (Å²) in [5, 5.41) is 1.67. The molecule has 2 N–H and O–H groups in total. The van der Waals surface area contributed by atoms with Gasteiger partial charge in [-0.2, -0.15) is 0 Å². The predicted molar refractivity (Wildman–Crippen MR) is 78.3 cm³/mol. The van der Waals surface area contributed by atoms with Crippen LogP contribution in [0.15, 0.2) is 35.1 Å². The van der Waals surface area contributed by atoms with E-state index in [-0.39, 0.29) is 5.56 Å². The van der Waals surface area contributed by atoms with Crippen LogP contribution in [0.5, 0.6) is 0 Å². The molecule has 1 fully saturated rings. The number of aromatic nitrogens is 1. The first-order chi connectivity index (χ1) is 9.16. The zero-order valence-corrected chi connectivity index (χ0v) is 11.2. The number of likely N-dealkylation sites (N-methyl/N-ethyl adjacent to an activating group) is 1. The lowest BCUT2D eigenvalue weighted by molar-refractivity contribution is 0.281. The highest BCUT2D eigenvalue weighted by Gasteiger charge is 2.22. The third kappa shape index (κ3) is 2.12. The Kier molecular flexibility index (Phi) is 3.03. The molecule has 3 rings (SSSR count). The molecule has 0 saturated carbocycles. The molecule has 2 aromatic rings. The van der Waals surface area contributed by atoms with E-state index in [9.17, 15) is 4.79 Å². The second kappa shape index (κ2) is 4.70.